The fourth-order valence-electron chi connectivity index (χ4n) is 3.81. The minimum Gasteiger partial charge on any atom is -0.354 e. The molecule has 0 radical (unpaired) electrons. The van der Waals surface area contributed by atoms with Gasteiger partial charge in [-0.25, -0.2) is 8.42 Å². The first-order valence-electron chi connectivity index (χ1n) is 12.4. The first-order chi connectivity index (χ1) is 17.1. The Kier molecular flexibility index (Phi) is 11.7. The minimum atomic E-state index is -3.52. The van der Waals surface area contributed by atoms with Gasteiger partial charge >= 0.3 is 0 Å². The number of rotatable bonds is 14. The Morgan fingerprint density at radius 3 is 2.14 bits per heavy atom. The van der Waals surface area contributed by atoms with Gasteiger partial charge in [0.05, 0.1) is 11.9 Å². The molecule has 0 aliphatic carbocycles. The van der Waals surface area contributed by atoms with Gasteiger partial charge in [0.2, 0.25) is 21.8 Å². The number of sulfonamides is 1. The van der Waals surface area contributed by atoms with Crippen LogP contribution in [0.5, 0.6) is 0 Å². The number of anilines is 1. The Bertz CT molecular complexity index is 1090. The van der Waals surface area contributed by atoms with Crippen molar-refractivity contribution in [3.63, 3.8) is 0 Å². The molecular weight excluding hydrogens is 498 g/mol. The fraction of sp³-hybridized carbons (Fsp3) is 0.481. The molecule has 0 fully saturated rings. The van der Waals surface area contributed by atoms with Crippen LogP contribution in [0, 0.1) is 0 Å². The molecule has 0 spiro atoms. The second-order valence-electron chi connectivity index (χ2n) is 8.93. The molecule has 1 atom stereocenters. The Labute approximate surface area is 220 Å². The zero-order valence-corrected chi connectivity index (χ0v) is 23.2. The van der Waals surface area contributed by atoms with E-state index in [1.807, 2.05) is 38.1 Å². The van der Waals surface area contributed by atoms with E-state index in [-0.39, 0.29) is 31.3 Å². The van der Waals surface area contributed by atoms with Crippen molar-refractivity contribution in [3.05, 3.63) is 64.7 Å². The van der Waals surface area contributed by atoms with Gasteiger partial charge in [-0.2, -0.15) is 0 Å². The molecule has 0 aromatic heterocycles. The average molecular weight is 536 g/mol. The second-order valence-corrected chi connectivity index (χ2v) is 11.3. The van der Waals surface area contributed by atoms with Gasteiger partial charge in [0.15, 0.2) is 0 Å². The van der Waals surface area contributed by atoms with Crippen LogP contribution in [-0.2, 0) is 32.6 Å². The van der Waals surface area contributed by atoms with Crippen LogP contribution >= 0.6 is 11.6 Å². The van der Waals surface area contributed by atoms with E-state index in [0.29, 0.717) is 23.7 Å². The fourth-order valence-corrected chi connectivity index (χ4v) is 4.90. The normalized spacial score (nSPS) is 12.1. The molecule has 1 N–H and O–H groups in total. The van der Waals surface area contributed by atoms with Crippen molar-refractivity contribution >= 4 is 39.1 Å². The Balaban J connectivity index is 2.13. The first kappa shape index (κ1) is 29.6. The smallest absolute Gasteiger partial charge is 0.242 e. The van der Waals surface area contributed by atoms with Gasteiger partial charge < -0.3 is 10.2 Å². The maximum absolute atomic E-state index is 13.3. The number of amides is 2. The summed E-state index contributed by atoms with van der Waals surface area (Å²) in [5.74, 6) is -0.419. The summed E-state index contributed by atoms with van der Waals surface area (Å²) in [6.45, 7) is 6.78. The van der Waals surface area contributed by atoms with Crippen molar-refractivity contribution < 1.29 is 18.0 Å². The molecule has 2 amide bonds. The number of halogens is 1. The number of hydrogen-bond donors (Lipinski definition) is 1. The molecule has 7 nitrogen and oxygen atoms in total. The topological polar surface area (TPSA) is 86.8 Å². The lowest BCUT2D eigenvalue weighted by Crippen LogP contribution is -2.47. The number of benzene rings is 2. The largest absolute Gasteiger partial charge is 0.354 e. The van der Waals surface area contributed by atoms with E-state index in [1.165, 1.54) is 4.31 Å². The van der Waals surface area contributed by atoms with Crippen molar-refractivity contribution in [2.75, 3.05) is 23.7 Å². The van der Waals surface area contributed by atoms with Crippen molar-refractivity contribution in [1.29, 1.82) is 0 Å². The number of carbonyl (C=O) groups is 2. The summed E-state index contributed by atoms with van der Waals surface area (Å²) in [6, 6.07) is 13.9. The van der Waals surface area contributed by atoms with Crippen molar-refractivity contribution in [3.8, 4) is 0 Å². The lowest BCUT2D eigenvalue weighted by Gasteiger charge is -2.29. The standard InChI is InChI=1S/C27H38ClN3O4S/c1-5-7-18-29-27(33)21(3)30(20-23-10-14-24(28)15-11-23)26(32)9-8-19-31(36(4,34)35)25-16-12-22(6-2)13-17-25/h10-17,21H,5-9,18-20H2,1-4H3,(H,29,33)/t21-/m0/s1. The van der Waals surface area contributed by atoms with E-state index in [1.54, 1.807) is 36.1 Å². The summed E-state index contributed by atoms with van der Waals surface area (Å²) in [7, 11) is -3.52. The molecule has 0 saturated heterocycles. The Hall–Kier alpha value is -2.58. The number of aryl methyl sites for hydroxylation is 1. The van der Waals surface area contributed by atoms with Crippen molar-refractivity contribution in [2.24, 2.45) is 0 Å². The predicted molar refractivity (Wildman–Crippen MR) is 147 cm³/mol. The number of hydrogen-bond acceptors (Lipinski definition) is 4. The number of nitrogens with zero attached hydrogens (tertiary/aromatic N) is 2. The molecule has 0 saturated carbocycles. The average Bonchev–Trinajstić information content (AvgIpc) is 2.85. The van der Waals surface area contributed by atoms with Gasteiger partial charge in [-0.1, -0.05) is 56.1 Å². The predicted octanol–water partition coefficient (Wildman–Crippen LogP) is 4.78. The quantitative estimate of drug-likeness (QED) is 0.353. The molecule has 2 aromatic rings. The zero-order valence-electron chi connectivity index (χ0n) is 21.7. The van der Waals surface area contributed by atoms with Crippen molar-refractivity contribution in [1.82, 2.24) is 10.2 Å². The lowest BCUT2D eigenvalue weighted by molar-refractivity contribution is -0.140. The van der Waals surface area contributed by atoms with Crippen LogP contribution in [-0.4, -0.2) is 50.5 Å². The molecule has 9 heteroatoms. The first-order valence-corrected chi connectivity index (χ1v) is 14.7. The lowest BCUT2D eigenvalue weighted by atomic mass is 10.1. The third-order valence-electron chi connectivity index (χ3n) is 6.05. The third-order valence-corrected chi connectivity index (χ3v) is 7.49. The summed E-state index contributed by atoms with van der Waals surface area (Å²) in [6.07, 6.45) is 4.28. The second kappa shape index (κ2) is 14.2. The van der Waals surface area contributed by atoms with E-state index in [4.69, 9.17) is 11.6 Å². The molecule has 0 aliphatic rings. The van der Waals surface area contributed by atoms with E-state index in [2.05, 4.69) is 5.32 Å². The van der Waals surface area contributed by atoms with Crippen LogP contribution in [0.1, 0.15) is 57.6 Å². The highest BCUT2D eigenvalue weighted by Crippen LogP contribution is 2.20. The molecule has 36 heavy (non-hydrogen) atoms. The molecule has 2 rings (SSSR count). The van der Waals surface area contributed by atoms with E-state index < -0.39 is 16.1 Å². The van der Waals surface area contributed by atoms with E-state index in [9.17, 15) is 18.0 Å². The molecule has 198 valence electrons. The molecule has 0 heterocycles. The van der Waals surface area contributed by atoms with Crippen LogP contribution in [0.2, 0.25) is 5.02 Å². The zero-order chi connectivity index (χ0) is 26.7. The van der Waals surface area contributed by atoms with Crippen LogP contribution in [0.15, 0.2) is 48.5 Å². The van der Waals surface area contributed by atoms with E-state index >= 15 is 0 Å². The monoisotopic (exact) mass is 535 g/mol. The summed E-state index contributed by atoms with van der Waals surface area (Å²) in [5.41, 5.74) is 2.55. The SMILES string of the molecule is CCCCNC(=O)[C@H](C)N(Cc1ccc(Cl)cc1)C(=O)CCCN(c1ccc(CC)cc1)S(C)(=O)=O. The summed E-state index contributed by atoms with van der Waals surface area (Å²) < 4.78 is 26.2. The number of carbonyl (C=O) groups excluding carboxylic acids is 2. The van der Waals surface area contributed by atoms with Gasteiger partial charge in [-0.05, 0) is 61.6 Å². The van der Waals surface area contributed by atoms with Crippen LogP contribution in [0.4, 0.5) is 5.69 Å². The van der Waals surface area contributed by atoms with Gasteiger partial charge in [0.25, 0.3) is 0 Å². The van der Waals surface area contributed by atoms with Crippen LogP contribution in [0.25, 0.3) is 0 Å². The molecule has 0 aliphatic heterocycles. The molecule has 2 aromatic carbocycles. The molecule has 0 unspecified atom stereocenters. The number of nitrogens with one attached hydrogen (secondary N) is 1. The van der Waals surface area contributed by atoms with E-state index in [0.717, 1.165) is 36.6 Å². The maximum atomic E-state index is 13.3. The van der Waals surface area contributed by atoms with Crippen molar-refractivity contribution in [2.45, 2.75) is 65.5 Å². The minimum absolute atomic E-state index is 0.110. The highest BCUT2D eigenvalue weighted by molar-refractivity contribution is 7.92. The summed E-state index contributed by atoms with van der Waals surface area (Å²) >= 11 is 6.00. The Morgan fingerprint density at radius 1 is 0.972 bits per heavy atom. The van der Waals surface area contributed by atoms with Crippen LogP contribution in [0.3, 0.4) is 0 Å². The third kappa shape index (κ3) is 9.13. The van der Waals surface area contributed by atoms with Gasteiger partial charge in [-0.15, -0.1) is 0 Å². The Morgan fingerprint density at radius 2 is 1.58 bits per heavy atom. The van der Waals surface area contributed by atoms with Crippen LogP contribution < -0.4 is 9.62 Å². The van der Waals surface area contributed by atoms with Gasteiger partial charge in [0.1, 0.15) is 6.04 Å². The van der Waals surface area contributed by atoms with Gasteiger partial charge in [0, 0.05) is 31.1 Å². The molecular formula is C27H38ClN3O4S. The summed E-state index contributed by atoms with van der Waals surface area (Å²) in [4.78, 5) is 27.6. The number of unbranched alkanes of at least 4 members (excludes halogenated alkanes) is 1. The summed E-state index contributed by atoms with van der Waals surface area (Å²) in [5, 5.41) is 3.49. The highest BCUT2D eigenvalue weighted by atomic mass is 35.5. The highest BCUT2D eigenvalue weighted by Gasteiger charge is 2.26. The van der Waals surface area contributed by atoms with Gasteiger partial charge in [-0.3, -0.25) is 13.9 Å². The maximum Gasteiger partial charge on any atom is 0.242 e. The molecule has 0 bridgehead atoms.